The molecule has 2 aromatic carbocycles. The van der Waals surface area contributed by atoms with Crippen LogP contribution in [-0.4, -0.2) is 38.9 Å². The van der Waals surface area contributed by atoms with Gasteiger partial charge < -0.3 is 4.74 Å². The molecule has 1 heterocycles. The van der Waals surface area contributed by atoms with E-state index in [4.69, 9.17) is 4.74 Å². The number of tetrazole rings is 1. The van der Waals surface area contributed by atoms with Crippen LogP contribution in [0.25, 0.3) is 5.69 Å². The summed E-state index contributed by atoms with van der Waals surface area (Å²) < 4.78 is 6.78. The Labute approximate surface area is 162 Å². The number of benzene rings is 2. The lowest BCUT2D eigenvalue weighted by atomic mass is 10.1. The van der Waals surface area contributed by atoms with E-state index in [1.54, 1.807) is 11.8 Å². The number of carbonyl (C=O) groups excluding carboxylic acids is 1. The normalized spacial score (nSPS) is 10.7. The minimum Gasteiger partial charge on any atom is -0.497 e. The lowest BCUT2D eigenvalue weighted by Crippen LogP contribution is -2.05. The number of thioether (sulfide) groups is 1. The molecule has 140 valence electrons. The molecule has 0 aliphatic carbocycles. The number of methoxy groups -OCH3 is 1. The van der Waals surface area contributed by atoms with Gasteiger partial charge in [-0.25, -0.2) is 0 Å². The maximum atomic E-state index is 12.5. The van der Waals surface area contributed by atoms with Crippen LogP contribution in [0.5, 0.6) is 5.75 Å². The molecule has 0 atom stereocenters. The number of ether oxygens (including phenoxy) is 1. The van der Waals surface area contributed by atoms with Crippen molar-refractivity contribution in [1.82, 2.24) is 20.2 Å². The molecule has 27 heavy (non-hydrogen) atoms. The van der Waals surface area contributed by atoms with Crippen molar-refractivity contribution in [3.8, 4) is 11.4 Å². The van der Waals surface area contributed by atoms with Gasteiger partial charge in [-0.1, -0.05) is 49.4 Å². The number of nitrogens with zero attached hydrogens (tertiary/aromatic N) is 4. The van der Waals surface area contributed by atoms with Gasteiger partial charge in [-0.3, -0.25) is 4.79 Å². The van der Waals surface area contributed by atoms with Crippen LogP contribution in [0.3, 0.4) is 0 Å². The van der Waals surface area contributed by atoms with E-state index in [9.17, 15) is 4.79 Å². The van der Waals surface area contributed by atoms with Crippen molar-refractivity contribution >= 4 is 17.5 Å². The molecule has 1 aromatic heterocycles. The molecule has 0 saturated heterocycles. The van der Waals surface area contributed by atoms with Crippen LogP contribution in [-0.2, 0) is 6.42 Å². The van der Waals surface area contributed by atoms with Gasteiger partial charge in [0.25, 0.3) is 0 Å². The van der Waals surface area contributed by atoms with Crippen LogP contribution in [0.2, 0.25) is 0 Å². The molecule has 0 fully saturated rings. The summed E-state index contributed by atoms with van der Waals surface area (Å²) in [5.74, 6) is 1.11. The summed E-state index contributed by atoms with van der Waals surface area (Å²) in [5.41, 5.74) is 2.80. The number of aromatic nitrogens is 4. The first-order valence-corrected chi connectivity index (χ1v) is 9.87. The van der Waals surface area contributed by atoms with E-state index in [-0.39, 0.29) is 11.5 Å². The SMILES string of the molecule is CCCCc1ccc(C(=O)CSc2nnnn2-c2ccc(OC)cc2)cc1. The molecule has 0 bridgehead atoms. The van der Waals surface area contributed by atoms with E-state index in [1.807, 2.05) is 48.5 Å². The molecule has 6 nitrogen and oxygen atoms in total. The summed E-state index contributed by atoms with van der Waals surface area (Å²) in [6.07, 6.45) is 3.38. The Morgan fingerprint density at radius 3 is 2.52 bits per heavy atom. The van der Waals surface area contributed by atoms with Gasteiger partial charge in [0.1, 0.15) is 5.75 Å². The number of unbranched alkanes of at least 4 members (excludes halogenated alkanes) is 1. The fourth-order valence-corrected chi connectivity index (χ4v) is 3.39. The minimum atomic E-state index is 0.0614. The third-order valence-electron chi connectivity index (χ3n) is 4.19. The molecule has 0 aliphatic heterocycles. The number of hydrogen-bond acceptors (Lipinski definition) is 6. The van der Waals surface area contributed by atoms with Crippen LogP contribution in [0.15, 0.2) is 53.7 Å². The van der Waals surface area contributed by atoms with Crippen LogP contribution >= 0.6 is 11.8 Å². The second-order valence-corrected chi connectivity index (χ2v) is 7.03. The van der Waals surface area contributed by atoms with E-state index in [2.05, 4.69) is 22.4 Å². The summed E-state index contributed by atoms with van der Waals surface area (Å²) in [4.78, 5) is 12.5. The predicted octanol–water partition coefficient (Wildman–Crippen LogP) is 3.99. The Morgan fingerprint density at radius 2 is 1.85 bits per heavy atom. The summed E-state index contributed by atoms with van der Waals surface area (Å²) >= 11 is 1.33. The predicted molar refractivity (Wildman–Crippen MR) is 106 cm³/mol. The molecular formula is C20H22N4O2S. The molecule has 0 radical (unpaired) electrons. The molecule has 3 aromatic rings. The lowest BCUT2D eigenvalue weighted by Gasteiger charge is -2.06. The van der Waals surface area contributed by atoms with Crippen LogP contribution in [0.4, 0.5) is 0 Å². The Balaban J connectivity index is 1.63. The largest absolute Gasteiger partial charge is 0.497 e. The number of carbonyl (C=O) groups is 1. The Hall–Kier alpha value is -2.67. The van der Waals surface area contributed by atoms with Gasteiger partial charge in [0.2, 0.25) is 5.16 Å². The Kier molecular flexibility index (Phi) is 6.59. The number of Topliss-reactive ketones (excluding diaryl/α,β-unsaturated/α-hetero) is 1. The van der Waals surface area contributed by atoms with Crippen molar-refractivity contribution in [2.45, 2.75) is 31.3 Å². The van der Waals surface area contributed by atoms with E-state index in [1.165, 1.54) is 23.7 Å². The first kappa shape index (κ1) is 19.1. The fourth-order valence-electron chi connectivity index (χ4n) is 2.61. The first-order chi connectivity index (χ1) is 13.2. The van der Waals surface area contributed by atoms with Crippen molar-refractivity contribution in [1.29, 1.82) is 0 Å². The molecular weight excluding hydrogens is 360 g/mol. The second kappa shape index (κ2) is 9.32. The molecule has 3 rings (SSSR count). The molecule has 0 amide bonds. The van der Waals surface area contributed by atoms with Gasteiger partial charge in [-0.2, -0.15) is 4.68 Å². The number of aryl methyl sites for hydroxylation is 1. The molecule has 7 heteroatoms. The Morgan fingerprint density at radius 1 is 1.11 bits per heavy atom. The maximum Gasteiger partial charge on any atom is 0.214 e. The smallest absolute Gasteiger partial charge is 0.214 e. The highest BCUT2D eigenvalue weighted by molar-refractivity contribution is 7.99. The highest BCUT2D eigenvalue weighted by Crippen LogP contribution is 2.21. The molecule has 0 spiro atoms. The van der Waals surface area contributed by atoms with Gasteiger partial charge in [0, 0.05) is 5.56 Å². The highest BCUT2D eigenvalue weighted by Gasteiger charge is 2.13. The average Bonchev–Trinajstić information content (AvgIpc) is 3.19. The number of hydrogen-bond donors (Lipinski definition) is 0. The first-order valence-electron chi connectivity index (χ1n) is 8.89. The van der Waals surface area contributed by atoms with Crippen molar-refractivity contribution in [3.05, 3.63) is 59.7 Å². The van der Waals surface area contributed by atoms with Gasteiger partial charge in [0.05, 0.1) is 18.6 Å². The van der Waals surface area contributed by atoms with E-state index in [0.717, 1.165) is 24.3 Å². The van der Waals surface area contributed by atoms with Gasteiger partial charge in [-0.05, 0) is 53.1 Å². The van der Waals surface area contributed by atoms with E-state index < -0.39 is 0 Å². The van der Waals surface area contributed by atoms with Crippen LogP contribution in [0, 0.1) is 0 Å². The van der Waals surface area contributed by atoms with Gasteiger partial charge in [-0.15, -0.1) is 5.10 Å². The standard InChI is InChI=1S/C20H22N4O2S/c1-3-4-5-15-6-8-16(9-7-15)19(25)14-27-20-21-22-23-24(20)17-10-12-18(26-2)13-11-17/h6-13H,3-5,14H2,1-2H3. The van der Waals surface area contributed by atoms with E-state index in [0.29, 0.717) is 10.7 Å². The van der Waals surface area contributed by atoms with Crippen molar-refractivity contribution in [3.63, 3.8) is 0 Å². The van der Waals surface area contributed by atoms with Crippen molar-refractivity contribution < 1.29 is 9.53 Å². The van der Waals surface area contributed by atoms with Crippen molar-refractivity contribution in [2.75, 3.05) is 12.9 Å². The minimum absolute atomic E-state index is 0.0614. The topological polar surface area (TPSA) is 69.9 Å². The fraction of sp³-hybridized carbons (Fsp3) is 0.300. The monoisotopic (exact) mass is 382 g/mol. The molecule has 0 unspecified atom stereocenters. The number of rotatable bonds is 9. The quantitative estimate of drug-likeness (QED) is 0.412. The van der Waals surface area contributed by atoms with E-state index >= 15 is 0 Å². The summed E-state index contributed by atoms with van der Waals surface area (Å²) in [7, 11) is 1.62. The van der Waals surface area contributed by atoms with Gasteiger partial charge >= 0.3 is 0 Å². The van der Waals surface area contributed by atoms with Gasteiger partial charge in [0.15, 0.2) is 5.78 Å². The van der Waals surface area contributed by atoms with Crippen molar-refractivity contribution in [2.24, 2.45) is 0 Å². The zero-order valence-corrected chi connectivity index (χ0v) is 16.3. The molecule has 0 N–H and O–H groups in total. The molecule has 0 saturated carbocycles. The Bertz CT molecular complexity index is 876. The van der Waals surface area contributed by atoms with Crippen LogP contribution in [0.1, 0.15) is 35.7 Å². The summed E-state index contributed by atoms with van der Waals surface area (Å²) in [6.45, 7) is 2.18. The zero-order valence-electron chi connectivity index (χ0n) is 15.5. The molecule has 0 aliphatic rings. The maximum absolute atomic E-state index is 12.5. The zero-order chi connectivity index (χ0) is 19.1. The summed E-state index contributed by atoms with van der Waals surface area (Å²) in [6, 6.07) is 15.3. The third kappa shape index (κ3) is 4.95. The third-order valence-corrected chi connectivity index (χ3v) is 5.10. The highest BCUT2D eigenvalue weighted by atomic mass is 32.2. The average molecular weight is 382 g/mol. The number of ketones is 1. The second-order valence-electron chi connectivity index (χ2n) is 6.08. The lowest BCUT2D eigenvalue weighted by molar-refractivity contribution is 0.102. The summed E-state index contributed by atoms with van der Waals surface area (Å²) in [5, 5.41) is 12.4. The van der Waals surface area contributed by atoms with Crippen LogP contribution < -0.4 is 4.74 Å².